The average Bonchev–Trinajstić information content (AvgIpc) is 3.11. The Morgan fingerprint density at radius 3 is 2.63 bits per heavy atom. The van der Waals surface area contributed by atoms with Crippen molar-refractivity contribution >= 4 is 0 Å². The van der Waals surface area contributed by atoms with Crippen molar-refractivity contribution in [2.45, 2.75) is 56.4 Å². The molecule has 3 nitrogen and oxygen atoms in total. The van der Waals surface area contributed by atoms with Crippen LogP contribution >= 0.6 is 0 Å². The van der Waals surface area contributed by atoms with Gasteiger partial charge in [0.1, 0.15) is 5.75 Å². The number of aliphatic hydroxyl groups is 1. The molecular weight excluding hydrogens is 334 g/mol. The van der Waals surface area contributed by atoms with Gasteiger partial charge in [0.25, 0.3) is 0 Å². The molecule has 1 fully saturated rings. The average molecular weight is 366 g/mol. The van der Waals surface area contributed by atoms with Crippen LogP contribution in [0.3, 0.4) is 0 Å². The predicted molar refractivity (Wildman–Crippen MR) is 109 cm³/mol. The van der Waals surface area contributed by atoms with Crippen molar-refractivity contribution in [2.24, 2.45) is 11.7 Å². The van der Waals surface area contributed by atoms with Crippen LogP contribution in [0.15, 0.2) is 42.5 Å². The van der Waals surface area contributed by atoms with Crippen LogP contribution < -0.4 is 10.5 Å². The van der Waals surface area contributed by atoms with Gasteiger partial charge in [-0.25, -0.2) is 0 Å². The molecule has 144 valence electrons. The number of aryl methyl sites for hydroxylation is 1. The largest absolute Gasteiger partial charge is 0.497 e. The third-order valence-corrected chi connectivity index (χ3v) is 6.67. The first-order chi connectivity index (χ1) is 13.1. The first kappa shape index (κ1) is 18.5. The molecule has 27 heavy (non-hydrogen) atoms. The Kier molecular flexibility index (Phi) is 5.25. The van der Waals surface area contributed by atoms with Gasteiger partial charge in [0.05, 0.1) is 13.7 Å². The van der Waals surface area contributed by atoms with Crippen molar-refractivity contribution in [3.8, 4) is 5.75 Å². The summed E-state index contributed by atoms with van der Waals surface area (Å²) in [4.78, 5) is 0. The van der Waals surface area contributed by atoms with E-state index in [1.165, 1.54) is 41.5 Å². The van der Waals surface area contributed by atoms with E-state index in [4.69, 9.17) is 10.5 Å². The normalized spacial score (nSPS) is 27.4. The molecule has 0 spiro atoms. The lowest BCUT2D eigenvalue weighted by Crippen LogP contribution is -2.40. The molecule has 3 atom stereocenters. The molecule has 1 saturated carbocycles. The summed E-state index contributed by atoms with van der Waals surface area (Å²) in [6.45, 7) is 0.0987. The fraction of sp³-hybridized carbons (Fsp3) is 0.500. The second-order valence-corrected chi connectivity index (χ2v) is 8.65. The number of ether oxygens (including phenoxy) is 1. The fourth-order valence-corrected chi connectivity index (χ4v) is 4.96. The molecule has 0 aromatic heterocycles. The highest BCUT2D eigenvalue weighted by Gasteiger charge is 2.36. The first-order valence-electron chi connectivity index (χ1n) is 10.2. The lowest BCUT2D eigenvalue weighted by Gasteiger charge is -2.26. The van der Waals surface area contributed by atoms with Gasteiger partial charge in [-0.3, -0.25) is 0 Å². The summed E-state index contributed by atoms with van der Waals surface area (Å²) in [7, 11) is 1.71. The summed E-state index contributed by atoms with van der Waals surface area (Å²) >= 11 is 0. The maximum atomic E-state index is 9.53. The molecule has 2 aliphatic carbocycles. The van der Waals surface area contributed by atoms with Gasteiger partial charge < -0.3 is 15.6 Å². The van der Waals surface area contributed by atoms with Crippen molar-refractivity contribution in [3.05, 3.63) is 64.7 Å². The molecule has 0 bridgehead atoms. The summed E-state index contributed by atoms with van der Waals surface area (Å²) in [5, 5.41) is 9.53. The van der Waals surface area contributed by atoms with Gasteiger partial charge in [0.2, 0.25) is 0 Å². The number of hydrogen-bond acceptors (Lipinski definition) is 3. The molecule has 3 N–H and O–H groups in total. The molecule has 0 aliphatic heterocycles. The number of hydrogen-bond donors (Lipinski definition) is 2. The number of methoxy groups -OCH3 is 1. The second kappa shape index (κ2) is 7.65. The zero-order valence-electron chi connectivity index (χ0n) is 16.3. The highest BCUT2D eigenvalue weighted by atomic mass is 16.5. The monoisotopic (exact) mass is 365 g/mol. The zero-order chi connectivity index (χ0) is 18.9. The van der Waals surface area contributed by atoms with E-state index in [9.17, 15) is 5.11 Å². The Balaban J connectivity index is 1.41. The third-order valence-electron chi connectivity index (χ3n) is 6.67. The van der Waals surface area contributed by atoms with Crippen molar-refractivity contribution in [2.75, 3.05) is 13.7 Å². The van der Waals surface area contributed by atoms with Crippen LogP contribution in [0.1, 0.15) is 53.9 Å². The van der Waals surface area contributed by atoms with E-state index in [-0.39, 0.29) is 12.1 Å². The standard InChI is InChI=1S/C24H31NO2/c1-27-23-8-3-17(4-9-23)12-18-2-5-20-14-21(7-6-19(20)13-18)22-10-11-24(25,15-22)16-26/h3-4,6-9,14,18,22,26H,2,5,10-13,15-16,25H2,1H3/t18-,22+,24-/m1/s1. The lowest BCUT2D eigenvalue weighted by molar-refractivity contribution is 0.198. The summed E-state index contributed by atoms with van der Waals surface area (Å²) in [6.07, 6.45) is 7.66. The van der Waals surface area contributed by atoms with Crippen LogP contribution in [0.4, 0.5) is 0 Å². The smallest absolute Gasteiger partial charge is 0.118 e. The Hall–Kier alpha value is -1.84. The van der Waals surface area contributed by atoms with Gasteiger partial charge >= 0.3 is 0 Å². The Morgan fingerprint density at radius 2 is 1.93 bits per heavy atom. The molecule has 2 aromatic rings. The molecule has 0 saturated heterocycles. The minimum absolute atomic E-state index is 0.0987. The minimum atomic E-state index is -0.371. The van der Waals surface area contributed by atoms with Crippen LogP contribution in [0.2, 0.25) is 0 Å². The van der Waals surface area contributed by atoms with Crippen molar-refractivity contribution in [1.82, 2.24) is 0 Å². The van der Waals surface area contributed by atoms with Crippen LogP contribution in [0.25, 0.3) is 0 Å². The van der Waals surface area contributed by atoms with Gasteiger partial charge in [0, 0.05) is 5.54 Å². The van der Waals surface area contributed by atoms with Gasteiger partial charge in [-0.2, -0.15) is 0 Å². The van der Waals surface area contributed by atoms with Crippen LogP contribution in [-0.2, 0) is 19.3 Å². The molecule has 0 amide bonds. The van der Waals surface area contributed by atoms with E-state index in [0.717, 1.165) is 31.4 Å². The maximum absolute atomic E-state index is 9.53. The van der Waals surface area contributed by atoms with Crippen LogP contribution in [0, 0.1) is 5.92 Å². The van der Waals surface area contributed by atoms with Gasteiger partial charge in [-0.05, 0) is 91.2 Å². The topological polar surface area (TPSA) is 55.5 Å². The van der Waals surface area contributed by atoms with Crippen molar-refractivity contribution < 1.29 is 9.84 Å². The van der Waals surface area contributed by atoms with E-state index >= 15 is 0 Å². The molecule has 2 aromatic carbocycles. The zero-order valence-corrected chi connectivity index (χ0v) is 16.3. The van der Waals surface area contributed by atoms with Gasteiger partial charge in [0.15, 0.2) is 0 Å². The van der Waals surface area contributed by atoms with Gasteiger partial charge in [-0.1, -0.05) is 30.3 Å². The van der Waals surface area contributed by atoms with E-state index < -0.39 is 0 Å². The Morgan fingerprint density at radius 1 is 1.11 bits per heavy atom. The van der Waals surface area contributed by atoms with Gasteiger partial charge in [-0.15, -0.1) is 0 Å². The van der Waals surface area contributed by atoms with E-state index in [1.807, 2.05) is 0 Å². The fourth-order valence-electron chi connectivity index (χ4n) is 4.96. The SMILES string of the molecule is COc1ccc(C[C@H]2CCc3cc([C@H]4CC[C@](N)(CO)C4)ccc3C2)cc1. The summed E-state index contributed by atoms with van der Waals surface area (Å²) in [5.41, 5.74) is 11.8. The van der Waals surface area contributed by atoms with Crippen LogP contribution in [-0.4, -0.2) is 24.4 Å². The minimum Gasteiger partial charge on any atom is -0.497 e. The molecule has 0 unspecified atom stereocenters. The quantitative estimate of drug-likeness (QED) is 0.842. The van der Waals surface area contributed by atoms with Crippen molar-refractivity contribution in [1.29, 1.82) is 0 Å². The number of benzene rings is 2. The Bertz CT molecular complexity index is 785. The highest BCUT2D eigenvalue weighted by Crippen LogP contribution is 2.40. The molecule has 0 radical (unpaired) electrons. The Labute approximate surface area is 162 Å². The second-order valence-electron chi connectivity index (χ2n) is 8.65. The van der Waals surface area contributed by atoms with Crippen LogP contribution in [0.5, 0.6) is 5.75 Å². The molecule has 2 aliphatic rings. The number of nitrogens with two attached hydrogens (primary N) is 1. The lowest BCUT2D eigenvalue weighted by atomic mass is 9.79. The van der Waals surface area contributed by atoms with Crippen molar-refractivity contribution in [3.63, 3.8) is 0 Å². The molecule has 4 rings (SSSR count). The van der Waals surface area contributed by atoms with E-state index in [0.29, 0.717) is 11.8 Å². The first-order valence-corrected chi connectivity index (χ1v) is 10.2. The van der Waals surface area contributed by atoms with E-state index in [1.54, 1.807) is 7.11 Å². The summed E-state index contributed by atoms with van der Waals surface area (Å²) in [5.74, 6) is 2.15. The molecule has 0 heterocycles. The third kappa shape index (κ3) is 4.04. The number of fused-ring (bicyclic) bond motifs is 1. The number of aliphatic hydroxyl groups excluding tert-OH is 1. The predicted octanol–water partition coefficient (Wildman–Crippen LogP) is 4.00. The highest BCUT2D eigenvalue weighted by molar-refractivity contribution is 5.37. The number of rotatable bonds is 5. The molecular formula is C24H31NO2. The molecule has 3 heteroatoms. The summed E-state index contributed by atoms with van der Waals surface area (Å²) < 4.78 is 5.26. The maximum Gasteiger partial charge on any atom is 0.118 e. The van der Waals surface area contributed by atoms with E-state index in [2.05, 4.69) is 42.5 Å². The summed E-state index contributed by atoms with van der Waals surface area (Å²) in [6, 6.07) is 15.6.